The van der Waals surface area contributed by atoms with Gasteiger partial charge in [0.05, 0.1) is 0 Å². The summed E-state index contributed by atoms with van der Waals surface area (Å²) >= 11 is 0. The summed E-state index contributed by atoms with van der Waals surface area (Å²) in [6.45, 7) is 0. The summed E-state index contributed by atoms with van der Waals surface area (Å²) in [5.41, 5.74) is 2.32. The first-order valence-electron chi connectivity index (χ1n) is 6.48. The first-order chi connectivity index (χ1) is 8.14. The Bertz CT molecular complexity index is 385. The van der Waals surface area contributed by atoms with Crippen molar-refractivity contribution in [3.8, 4) is 0 Å². The van der Waals surface area contributed by atoms with Crippen molar-refractivity contribution in [3.63, 3.8) is 0 Å². The Kier molecular flexibility index (Phi) is 2.64. The van der Waals surface area contributed by atoms with Crippen molar-refractivity contribution in [2.75, 3.05) is 0 Å². The molecular weight excluding hydrogens is 220 g/mol. The van der Waals surface area contributed by atoms with Gasteiger partial charge in [0.25, 0.3) is 0 Å². The van der Waals surface area contributed by atoms with Crippen molar-refractivity contribution in [3.05, 3.63) is 29.6 Å². The first kappa shape index (κ1) is 11.1. The smallest absolute Gasteiger partial charge is 0.248 e. The summed E-state index contributed by atoms with van der Waals surface area (Å²) in [4.78, 5) is 4.46. The van der Waals surface area contributed by atoms with Gasteiger partial charge in [0.1, 0.15) is 0 Å². The van der Waals surface area contributed by atoms with Gasteiger partial charge in [-0.1, -0.05) is 6.07 Å². The van der Waals surface area contributed by atoms with E-state index in [1.54, 1.807) is 0 Å². The molecule has 1 aromatic heterocycles. The minimum atomic E-state index is -2.43. The number of aromatic nitrogens is 1. The monoisotopic (exact) mass is 237 g/mol. The average molecular weight is 237 g/mol. The number of alkyl halides is 2. The molecule has 17 heavy (non-hydrogen) atoms. The Hall–Kier alpha value is -0.990. The highest BCUT2D eigenvalue weighted by molar-refractivity contribution is 5.23. The molecule has 2 aliphatic rings. The fourth-order valence-corrected chi connectivity index (χ4v) is 2.65. The number of rotatable bonds is 2. The van der Waals surface area contributed by atoms with Crippen molar-refractivity contribution in [1.82, 2.24) is 4.98 Å². The maximum atomic E-state index is 13.1. The zero-order valence-corrected chi connectivity index (χ0v) is 9.83. The summed E-state index contributed by atoms with van der Waals surface area (Å²) in [5, 5.41) is 0. The molecule has 0 atom stereocenters. The summed E-state index contributed by atoms with van der Waals surface area (Å²) < 4.78 is 26.1. The first-order valence-corrected chi connectivity index (χ1v) is 6.48. The largest absolute Gasteiger partial charge is 0.261 e. The average Bonchev–Trinajstić information content (AvgIpc) is 3.13. The quantitative estimate of drug-likeness (QED) is 0.749. The van der Waals surface area contributed by atoms with Crippen LogP contribution >= 0.6 is 0 Å². The molecule has 0 bridgehead atoms. The summed E-state index contributed by atoms with van der Waals surface area (Å²) in [6.07, 6.45) is 5.66. The SMILES string of the molecule is FC1(F)CCC(c2ccc(C3CC3)nc2)CC1. The molecule has 0 aromatic carbocycles. The van der Waals surface area contributed by atoms with Crippen LogP contribution in [0.1, 0.15) is 61.6 Å². The van der Waals surface area contributed by atoms with Crippen molar-refractivity contribution in [2.45, 2.75) is 56.3 Å². The van der Waals surface area contributed by atoms with Crippen molar-refractivity contribution >= 4 is 0 Å². The predicted octanol–water partition coefficient (Wildman–Crippen LogP) is 4.25. The van der Waals surface area contributed by atoms with Crippen molar-refractivity contribution in [2.24, 2.45) is 0 Å². The van der Waals surface area contributed by atoms with E-state index in [9.17, 15) is 8.78 Å². The molecule has 1 heterocycles. The van der Waals surface area contributed by atoms with Crippen LogP contribution in [0.3, 0.4) is 0 Å². The second kappa shape index (κ2) is 4.04. The van der Waals surface area contributed by atoms with Crippen molar-refractivity contribution in [1.29, 1.82) is 0 Å². The van der Waals surface area contributed by atoms with Crippen LogP contribution in [0.5, 0.6) is 0 Å². The predicted molar refractivity (Wildman–Crippen MR) is 62.4 cm³/mol. The summed E-state index contributed by atoms with van der Waals surface area (Å²) in [6, 6.07) is 4.18. The normalized spacial score (nSPS) is 24.8. The molecule has 2 aliphatic carbocycles. The number of hydrogen-bond acceptors (Lipinski definition) is 1. The fourth-order valence-electron chi connectivity index (χ4n) is 2.65. The van der Waals surface area contributed by atoms with Crippen LogP contribution in [0, 0.1) is 0 Å². The van der Waals surface area contributed by atoms with E-state index in [1.807, 2.05) is 6.20 Å². The molecule has 1 nitrogen and oxygen atoms in total. The standard InChI is InChI=1S/C14H17F2N/c15-14(16)7-5-10(6-8-14)12-3-4-13(17-9-12)11-1-2-11/h3-4,9-11H,1-2,5-8H2. The van der Waals surface area contributed by atoms with Gasteiger partial charge >= 0.3 is 0 Å². The molecule has 3 rings (SSSR count). The highest BCUT2D eigenvalue weighted by atomic mass is 19.3. The lowest BCUT2D eigenvalue weighted by molar-refractivity contribution is -0.0382. The zero-order chi connectivity index (χ0) is 11.9. The highest BCUT2D eigenvalue weighted by Gasteiger charge is 2.35. The molecule has 0 N–H and O–H groups in total. The molecule has 1 aromatic rings. The van der Waals surface area contributed by atoms with Gasteiger partial charge in [-0.2, -0.15) is 0 Å². The van der Waals surface area contributed by atoms with E-state index in [-0.39, 0.29) is 18.8 Å². The summed E-state index contributed by atoms with van der Waals surface area (Å²) in [5.74, 6) is -1.48. The highest BCUT2D eigenvalue weighted by Crippen LogP contribution is 2.42. The van der Waals surface area contributed by atoms with Gasteiger partial charge in [0.15, 0.2) is 0 Å². The van der Waals surface area contributed by atoms with Crippen LogP contribution in [0.2, 0.25) is 0 Å². The number of pyridine rings is 1. The van der Waals surface area contributed by atoms with E-state index in [4.69, 9.17) is 0 Å². The molecule has 0 unspecified atom stereocenters. The number of nitrogens with zero attached hydrogens (tertiary/aromatic N) is 1. The Morgan fingerprint density at radius 2 is 1.71 bits per heavy atom. The van der Waals surface area contributed by atoms with Gasteiger partial charge in [-0.3, -0.25) is 4.98 Å². The molecule has 0 saturated heterocycles. The van der Waals surface area contributed by atoms with E-state index in [2.05, 4.69) is 17.1 Å². The molecule has 0 aliphatic heterocycles. The van der Waals surface area contributed by atoms with Crippen LogP contribution < -0.4 is 0 Å². The molecule has 0 spiro atoms. The Labute approximate surface area is 100 Å². The van der Waals surface area contributed by atoms with E-state index >= 15 is 0 Å². The van der Waals surface area contributed by atoms with Gasteiger partial charge in [0.2, 0.25) is 5.92 Å². The minimum Gasteiger partial charge on any atom is -0.261 e. The van der Waals surface area contributed by atoms with Crippen LogP contribution in [-0.2, 0) is 0 Å². The molecular formula is C14H17F2N. The van der Waals surface area contributed by atoms with Crippen LogP contribution in [0.25, 0.3) is 0 Å². The van der Waals surface area contributed by atoms with Gasteiger partial charge in [-0.05, 0) is 43.2 Å². The third-order valence-corrected chi connectivity index (χ3v) is 3.99. The van der Waals surface area contributed by atoms with Gasteiger partial charge in [-0.15, -0.1) is 0 Å². The van der Waals surface area contributed by atoms with E-state index in [0.717, 1.165) is 5.56 Å². The molecule has 92 valence electrons. The third-order valence-electron chi connectivity index (χ3n) is 3.99. The Morgan fingerprint density at radius 3 is 2.24 bits per heavy atom. The number of hydrogen-bond donors (Lipinski definition) is 0. The summed E-state index contributed by atoms with van der Waals surface area (Å²) in [7, 11) is 0. The maximum Gasteiger partial charge on any atom is 0.248 e. The van der Waals surface area contributed by atoms with E-state index in [1.165, 1.54) is 18.5 Å². The third kappa shape index (κ3) is 2.48. The van der Waals surface area contributed by atoms with E-state index in [0.29, 0.717) is 18.8 Å². The lowest BCUT2D eigenvalue weighted by atomic mass is 9.83. The van der Waals surface area contributed by atoms with Crippen molar-refractivity contribution < 1.29 is 8.78 Å². The van der Waals surface area contributed by atoms with Crippen LogP contribution in [0.15, 0.2) is 18.3 Å². The maximum absolute atomic E-state index is 13.1. The minimum absolute atomic E-state index is 0.0298. The fraction of sp³-hybridized carbons (Fsp3) is 0.643. The Balaban J connectivity index is 1.68. The second-order valence-corrected chi connectivity index (χ2v) is 5.42. The molecule has 2 fully saturated rings. The molecule has 3 heteroatoms. The van der Waals surface area contributed by atoms with Gasteiger partial charge < -0.3 is 0 Å². The van der Waals surface area contributed by atoms with Crippen LogP contribution in [0.4, 0.5) is 8.78 Å². The lowest BCUT2D eigenvalue weighted by Gasteiger charge is -2.28. The van der Waals surface area contributed by atoms with Gasteiger partial charge in [-0.25, -0.2) is 8.78 Å². The van der Waals surface area contributed by atoms with E-state index < -0.39 is 5.92 Å². The van der Waals surface area contributed by atoms with Gasteiger partial charge in [0, 0.05) is 30.7 Å². The topological polar surface area (TPSA) is 12.9 Å². The number of halogens is 2. The molecule has 0 amide bonds. The molecule has 0 radical (unpaired) electrons. The second-order valence-electron chi connectivity index (χ2n) is 5.42. The Morgan fingerprint density at radius 1 is 1.00 bits per heavy atom. The molecule has 2 saturated carbocycles. The van der Waals surface area contributed by atoms with Crippen LogP contribution in [-0.4, -0.2) is 10.9 Å². The zero-order valence-electron chi connectivity index (χ0n) is 9.83. The lowest BCUT2D eigenvalue weighted by Crippen LogP contribution is -2.23.